The van der Waals surface area contributed by atoms with Crippen LogP contribution in [0, 0.1) is 0 Å². The molecule has 1 aliphatic rings. The zero-order valence-corrected chi connectivity index (χ0v) is 8.45. The van der Waals surface area contributed by atoms with Crippen LogP contribution in [0.5, 0.6) is 0 Å². The van der Waals surface area contributed by atoms with Gasteiger partial charge >= 0.3 is 0 Å². The van der Waals surface area contributed by atoms with Gasteiger partial charge in [0.2, 0.25) is 0 Å². The largest absolute Gasteiger partial charge is 0.308 e. The van der Waals surface area contributed by atoms with Crippen LogP contribution in [0.25, 0.3) is 0 Å². The normalized spacial score (nSPS) is 18.3. The van der Waals surface area contributed by atoms with Gasteiger partial charge in [0.1, 0.15) is 6.33 Å². The third-order valence-corrected chi connectivity index (χ3v) is 2.82. The Hall–Kier alpha value is -0.960. The Morgan fingerprint density at radius 2 is 2.14 bits per heavy atom. The van der Waals surface area contributed by atoms with Gasteiger partial charge in [0.15, 0.2) is 0 Å². The SMILES string of the molecule is c1cc(CNC2CCCCC2)ncn1. The van der Waals surface area contributed by atoms with E-state index in [1.54, 1.807) is 12.5 Å². The molecule has 1 N–H and O–H groups in total. The molecule has 0 amide bonds. The van der Waals surface area contributed by atoms with Gasteiger partial charge in [-0.25, -0.2) is 9.97 Å². The number of hydrogen-bond acceptors (Lipinski definition) is 3. The molecule has 1 heterocycles. The van der Waals surface area contributed by atoms with E-state index in [2.05, 4.69) is 15.3 Å². The van der Waals surface area contributed by atoms with Crippen LogP contribution in [0.1, 0.15) is 37.8 Å². The standard InChI is InChI=1S/C11H17N3/c1-2-4-10(5-3-1)13-8-11-6-7-12-9-14-11/h6-7,9-10,13H,1-5,8H2. The lowest BCUT2D eigenvalue weighted by Gasteiger charge is -2.22. The molecule has 3 nitrogen and oxygen atoms in total. The van der Waals surface area contributed by atoms with Gasteiger partial charge in [0, 0.05) is 18.8 Å². The van der Waals surface area contributed by atoms with Crippen molar-refractivity contribution in [3.63, 3.8) is 0 Å². The summed E-state index contributed by atoms with van der Waals surface area (Å²) in [5.74, 6) is 0. The number of nitrogens with one attached hydrogen (secondary N) is 1. The first-order valence-corrected chi connectivity index (χ1v) is 5.43. The molecule has 0 bridgehead atoms. The zero-order chi connectivity index (χ0) is 9.64. The highest BCUT2D eigenvalue weighted by atomic mass is 14.9. The summed E-state index contributed by atoms with van der Waals surface area (Å²) in [7, 11) is 0. The summed E-state index contributed by atoms with van der Waals surface area (Å²) >= 11 is 0. The van der Waals surface area contributed by atoms with E-state index in [-0.39, 0.29) is 0 Å². The molecule has 0 saturated heterocycles. The molecule has 1 aliphatic carbocycles. The molecule has 0 atom stereocenters. The third-order valence-electron chi connectivity index (χ3n) is 2.82. The summed E-state index contributed by atoms with van der Waals surface area (Å²) in [6.45, 7) is 0.882. The van der Waals surface area contributed by atoms with Gasteiger partial charge in [0.05, 0.1) is 5.69 Å². The van der Waals surface area contributed by atoms with Crippen molar-refractivity contribution in [3.8, 4) is 0 Å². The second-order valence-corrected chi connectivity index (χ2v) is 3.92. The number of aromatic nitrogens is 2. The first kappa shape index (κ1) is 9.59. The van der Waals surface area contributed by atoms with Gasteiger partial charge in [-0.1, -0.05) is 19.3 Å². The lowest BCUT2D eigenvalue weighted by atomic mass is 9.95. The van der Waals surface area contributed by atoms with Gasteiger partial charge < -0.3 is 5.32 Å². The number of nitrogens with zero attached hydrogens (tertiary/aromatic N) is 2. The van der Waals surface area contributed by atoms with Gasteiger partial charge in [0.25, 0.3) is 0 Å². The fourth-order valence-electron chi connectivity index (χ4n) is 1.98. The molecule has 0 aliphatic heterocycles. The van der Waals surface area contributed by atoms with Crippen molar-refractivity contribution in [3.05, 3.63) is 24.3 Å². The van der Waals surface area contributed by atoms with Gasteiger partial charge in [-0.15, -0.1) is 0 Å². The number of rotatable bonds is 3. The minimum absolute atomic E-state index is 0.707. The van der Waals surface area contributed by atoms with Crippen LogP contribution < -0.4 is 5.32 Å². The highest BCUT2D eigenvalue weighted by molar-refractivity contribution is 4.97. The summed E-state index contributed by atoms with van der Waals surface area (Å²) in [4.78, 5) is 8.09. The smallest absolute Gasteiger partial charge is 0.115 e. The average molecular weight is 191 g/mol. The van der Waals surface area contributed by atoms with Crippen molar-refractivity contribution in [2.45, 2.75) is 44.7 Å². The second-order valence-electron chi connectivity index (χ2n) is 3.92. The van der Waals surface area contributed by atoms with Crippen molar-refractivity contribution < 1.29 is 0 Å². The predicted octanol–water partition coefficient (Wildman–Crippen LogP) is 1.90. The Labute approximate surface area is 85.0 Å². The Kier molecular flexibility index (Phi) is 3.46. The topological polar surface area (TPSA) is 37.8 Å². The Balaban J connectivity index is 1.76. The van der Waals surface area contributed by atoms with Gasteiger partial charge in [-0.2, -0.15) is 0 Å². The van der Waals surface area contributed by atoms with E-state index in [1.165, 1.54) is 32.1 Å². The van der Waals surface area contributed by atoms with Crippen LogP contribution >= 0.6 is 0 Å². The first-order valence-electron chi connectivity index (χ1n) is 5.43. The van der Waals surface area contributed by atoms with Crippen molar-refractivity contribution in [1.82, 2.24) is 15.3 Å². The van der Waals surface area contributed by atoms with Crippen molar-refractivity contribution in [1.29, 1.82) is 0 Å². The molecule has 0 aromatic carbocycles. The zero-order valence-electron chi connectivity index (χ0n) is 8.45. The van der Waals surface area contributed by atoms with E-state index in [0.717, 1.165) is 12.2 Å². The maximum atomic E-state index is 4.19. The summed E-state index contributed by atoms with van der Waals surface area (Å²) < 4.78 is 0. The molecule has 2 rings (SSSR count). The molecular weight excluding hydrogens is 174 g/mol. The lowest BCUT2D eigenvalue weighted by Crippen LogP contribution is -2.30. The van der Waals surface area contributed by atoms with Crippen LogP contribution in [0.15, 0.2) is 18.6 Å². The molecule has 3 heteroatoms. The number of hydrogen-bond donors (Lipinski definition) is 1. The summed E-state index contributed by atoms with van der Waals surface area (Å²) in [5, 5.41) is 3.55. The summed E-state index contributed by atoms with van der Waals surface area (Å²) in [6.07, 6.45) is 10.2. The van der Waals surface area contributed by atoms with Gasteiger partial charge in [-0.05, 0) is 18.9 Å². The molecule has 0 radical (unpaired) electrons. The highest BCUT2D eigenvalue weighted by Gasteiger charge is 2.12. The summed E-state index contributed by atoms with van der Waals surface area (Å²) in [6, 6.07) is 2.68. The van der Waals surface area contributed by atoms with Crippen molar-refractivity contribution >= 4 is 0 Å². The monoisotopic (exact) mass is 191 g/mol. The van der Waals surface area contributed by atoms with Crippen LogP contribution in [0.3, 0.4) is 0 Å². The molecule has 1 aromatic heterocycles. The molecule has 1 saturated carbocycles. The Morgan fingerprint density at radius 1 is 1.29 bits per heavy atom. The minimum Gasteiger partial charge on any atom is -0.308 e. The molecule has 0 spiro atoms. The van der Waals surface area contributed by atoms with E-state index in [0.29, 0.717) is 6.04 Å². The fraction of sp³-hybridized carbons (Fsp3) is 0.636. The molecule has 76 valence electrons. The van der Waals surface area contributed by atoms with Crippen LogP contribution in [0.2, 0.25) is 0 Å². The van der Waals surface area contributed by atoms with Crippen molar-refractivity contribution in [2.24, 2.45) is 0 Å². The van der Waals surface area contributed by atoms with E-state index >= 15 is 0 Å². The lowest BCUT2D eigenvalue weighted by molar-refractivity contribution is 0.371. The molecule has 1 aromatic rings. The van der Waals surface area contributed by atoms with Gasteiger partial charge in [-0.3, -0.25) is 0 Å². The third kappa shape index (κ3) is 2.77. The Morgan fingerprint density at radius 3 is 2.86 bits per heavy atom. The van der Waals surface area contributed by atoms with Crippen LogP contribution in [-0.4, -0.2) is 16.0 Å². The average Bonchev–Trinajstić information content (AvgIpc) is 2.29. The molecule has 14 heavy (non-hydrogen) atoms. The maximum absolute atomic E-state index is 4.19. The quantitative estimate of drug-likeness (QED) is 0.793. The van der Waals surface area contributed by atoms with E-state index in [9.17, 15) is 0 Å². The highest BCUT2D eigenvalue weighted by Crippen LogP contribution is 2.17. The first-order chi connectivity index (χ1) is 6.95. The summed E-state index contributed by atoms with van der Waals surface area (Å²) in [5.41, 5.74) is 1.09. The maximum Gasteiger partial charge on any atom is 0.115 e. The molecular formula is C11H17N3. The second kappa shape index (κ2) is 5.05. The minimum atomic E-state index is 0.707. The Bertz CT molecular complexity index is 254. The predicted molar refractivity (Wildman–Crippen MR) is 55.7 cm³/mol. The fourth-order valence-corrected chi connectivity index (χ4v) is 1.98. The van der Waals surface area contributed by atoms with Crippen LogP contribution in [0.4, 0.5) is 0 Å². The van der Waals surface area contributed by atoms with E-state index in [1.807, 2.05) is 6.07 Å². The van der Waals surface area contributed by atoms with Crippen molar-refractivity contribution in [2.75, 3.05) is 0 Å². The van der Waals surface area contributed by atoms with E-state index in [4.69, 9.17) is 0 Å². The molecule has 0 unspecified atom stereocenters. The molecule has 1 fully saturated rings. The van der Waals surface area contributed by atoms with E-state index < -0.39 is 0 Å². The van der Waals surface area contributed by atoms with Crippen LogP contribution in [-0.2, 0) is 6.54 Å².